The van der Waals surface area contributed by atoms with Crippen LogP contribution in [0.25, 0.3) is 0 Å². The summed E-state index contributed by atoms with van der Waals surface area (Å²) in [6.07, 6.45) is 0.774. The molecule has 1 aromatic carbocycles. The molecule has 8 nitrogen and oxygen atoms in total. The number of ether oxygens (including phenoxy) is 1. The Morgan fingerprint density at radius 2 is 2.00 bits per heavy atom. The number of amides is 3. The molecule has 1 aromatic rings. The fraction of sp³-hybridized carbons (Fsp3) is 0.591. The fourth-order valence-corrected chi connectivity index (χ4v) is 6.27. The monoisotopic (exact) mass is 493 g/mol. The van der Waals surface area contributed by atoms with Gasteiger partial charge in [-0.1, -0.05) is 53.2 Å². The number of carbonyl (C=O) groups is 3. The molecule has 1 spiro atoms. The second-order valence-corrected chi connectivity index (χ2v) is 9.59. The molecule has 0 radical (unpaired) electrons. The van der Waals surface area contributed by atoms with Crippen molar-refractivity contribution in [3.05, 3.63) is 35.9 Å². The minimum atomic E-state index is -1.08. The SMILES string of the molecule is CCCNC(=O)[C@H]1[C@@H]2OC3(CC2Br)C(C(=O)NCc2ccccc2)N(CCO)C(=O)[C@H]13. The third-order valence-electron chi connectivity index (χ3n) is 6.54. The Bertz CT molecular complexity index is 853. The lowest BCUT2D eigenvalue weighted by Crippen LogP contribution is -2.56. The average Bonchev–Trinajstić information content (AvgIpc) is 3.35. The molecular formula is C22H28BrN3O5. The fourth-order valence-electron chi connectivity index (χ4n) is 5.33. The second kappa shape index (κ2) is 8.88. The number of aliphatic hydroxyl groups is 1. The van der Waals surface area contributed by atoms with E-state index in [1.165, 1.54) is 4.90 Å². The lowest BCUT2D eigenvalue weighted by molar-refractivity contribution is -0.142. The van der Waals surface area contributed by atoms with E-state index in [-0.39, 0.29) is 35.7 Å². The third kappa shape index (κ3) is 3.66. The van der Waals surface area contributed by atoms with Crippen molar-refractivity contribution in [3.63, 3.8) is 0 Å². The summed E-state index contributed by atoms with van der Waals surface area (Å²) in [6, 6.07) is 8.61. The third-order valence-corrected chi connectivity index (χ3v) is 7.38. The number of benzene rings is 1. The molecule has 2 bridgehead atoms. The molecule has 3 heterocycles. The van der Waals surface area contributed by atoms with Crippen LogP contribution < -0.4 is 10.6 Å². The van der Waals surface area contributed by atoms with Crippen molar-refractivity contribution in [2.75, 3.05) is 19.7 Å². The maximum absolute atomic E-state index is 13.4. The van der Waals surface area contributed by atoms with Gasteiger partial charge in [-0.05, 0) is 18.4 Å². The van der Waals surface area contributed by atoms with Crippen molar-refractivity contribution >= 4 is 33.7 Å². The van der Waals surface area contributed by atoms with Gasteiger partial charge in [-0.3, -0.25) is 14.4 Å². The molecule has 0 aromatic heterocycles. The van der Waals surface area contributed by atoms with Gasteiger partial charge in [-0.15, -0.1) is 0 Å². The zero-order valence-electron chi connectivity index (χ0n) is 17.4. The first kappa shape index (κ1) is 22.2. The van der Waals surface area contributed by atoms with Crippen molar-refractivity contribution in [2.24, 2.45) is 11.8 Å². The van der Waals surface area contributed by atoms with Crippen LogP contribution in [0.5, 0.6) is 0 Å². The van der Waals surface area contributed by atoms with E-state index in [4.69, 9.17) is 4.74 Å². The molecule has 6 atom stereocenters. The van der Waals surface area contributed by atoms with Crippen molar-refractivity contribution in [1.29, 1.82) is 0 Å². The molecule has 3 N–H and O–H groups in total. The van der Waals surface area contributed by atoms with E-state index in [1.54, 1.807) is 0 Å². The van der Waals surface area contributed by atoms with Gasteiger partial charge < -0.3 is 25.4 Å². The van der Waals surface area contributed by atoms with Crippen molar-refractivity contribution < 1.29 is 24.2 Å². The lowest BCUT2D eigenvalue weighted by Gasteiger charge is -2.34. The molecule has 3 amide bonds. The Balaban J connectivity index is 1.62. The van der Waals surface area contributed by atoms with Gasteiger partial charge in [-0.2, -0.15) is 0 Å². The first-order chi connectivity index (χ1) is 14.9. The molecule has 31 heavy (non-hydrogen) atoms. The number of β-amino-alcohol motifs (C(OH)–C–C–N with tert-alkyl or cyclic N) is 1. The Morgan fingerprint density at radius 1 is 1.26 bits per heavy atom. The number of rotatable bonds is 8. The molecule has 3 fully saturated rings. The van der Waals surface area contributed by atoms with Gasteiger partial charge in [0.05, 0.1) is 24.5 Å². The Kier molecular flexibility index (Phi) is 6.37. The summed E-state index contributed by atoms with van der Waals surface area (Å²) in [5.41, 5.74) is -0.144. The molecule has 168 valence electrons. The van der Waals surface area contributed by atoms with Gasteiger partial charge in [0, 0.05) is 24.5 Å². The van der Waals surface area contributed by atoms with Gasteiger partial charge in [0.25, 0.3) is 0 Å². The first-order valence-electron chi connectivity index (χ1n) is 10.8. The van der Waals surface area contributed by atoms with Gasteiger partial charge >= 0.3 is 0 Å². The number of hydrogen-bond donors (Lipinski definition) is 3. The van der Waals surface area contributed by atoms with Gasteiger partial charge in [-0.25, -0.2) is 0 Å². The van der Waals surface area contributed by atoms with Gasteiger partial charge in [0.15, 0.2) is 0 Å². The van der Waals surface area contributed by atoms with Crippen LogP contribution >= 0.6 is 15.9 Å². The number of alkyl halides is 1. The summed E-state index contributed by atoms with van der Waals surface area (Å²) >= 11 is 3.62. The standard InChI is InChI=1S/C22H28BrN3O5/c1-2-8-24-19(28)15-16-21(30)26(9-10-27)18(22(16)11-14(23)17(15)31-22)20(29)25-12-13-6-4-3-5-7-13/h3-7,14-18,27H,2,8-12H2,1H3,(H,24,28)(H,25,29)/t14?,15-,16+,17-,18?,22?/m1/s1. The largest absolute Gasteiger partial charge is 0.395 e. The number of carbonyl (C=O) groups excluding carboxylic acids is 3. The van der Waals surface area contributed by atoms with E-state index >= 15 is 0 Å². The van der Waals surface area contributed by atoms with Crippen molar-refractivity contribution in [1.82, 2.24) is 15.5 Å². The molecule has 4 rings (SSSR count). The number of aliphatic hydroxyl groups excluding tert-OH is 1. The van der Waals surface area contributed by atoms with Crippen molar-refractivity contribution in [2.45, 2.75) is 48.9 Å². The molecule has 3 aliphatic heterocycles. The lowest BCUT2D eigenvalue weighted by atomic mass is 9.70. The Labute approximate surface area is 189 Å². The average molecular weight is 494 g/mol. The predicted molar refractivity (Wildman–Crippen MR) is 116 cm³/mol. The van der Waals surface area contributed by atoms with Crippen LogP contribution in [0.1, 0.15) is 25.3 Å². The van der Waals surface area contributed by atoms with Gasteiger partial charge in [0.2, 0.25) is 17.7 Å². The number of fused-ring (bicyclic) bond motifs is 1. The van der Waals surface area contributed by atoms with E-state index in [0.29, 0.717) is 19.5 Å². The molecule has 3 aliphatic rings. The highest BCUT2D eigenvalue weighted by Gasteiger charge is 2.76. The van der Waals surface area contributed by atoms with E-state index in [9.17, 15) is 19.5 Å². The number of likely N-dealkylation sites (tertiary alicyclic amines) is 1. The smallest absolute Gasteiger partial charge is 0.246 e. The molecule has 0 saturated carbocycles. The van der Waals surface area contributed by atoms with E-state index < -0.39 is 29.6 Å². The number of nitrogens with one attached hydrogen (secondary N) is 2. The van der Waals surface area contributed by atoms with E-state index in [2.05, 4.69) is 26.6 Å². The van der Waals surface area contributed by atoms with E-state index in [1.807, 2.05) is 37.3 Å². The topological polar surface area (TPSA) is 108 Å². The molecule has 0 aliphatic carbocycles. The van der Waals surface area contributed by atoms with Crippen LogP contribution in [0.4, 0.5) is 0 Å². The first-order valence-corrected chi connectivity index (χ1v) is 11.7. The highest BCUT2D eigenvalue weighted by atomic mass is 79.9. The molecule has 3 saturated heterocycles. The van der Waals surface area contributed by atoms with E-state index in [0.717, 1.165) is 12.0 Å². The van der Waals surface area contributed by atoms with Crippen molar-refractivity contribution in [3.8, 4) is 0 Å². The summed E-state index contributed by atoms with van der Waals surface area (Å²) in [4.78, 5) is 41.0. The number of nitrogens with zero attached hydrogens (tertiary/aromatic N) is 1. The summed E-state index contributed by atoms with van der Waals surface area (Å²) in [5.74, 6) is -2.24. The number of halogens is 1. The summed E-state index contributed by atoms with van der Waals surface area (Å²) in [7, 11) is 0. The highest BCUT2D eigenvalue weighted by Crippen LogP contribution is 2.59. The van der Waals surface area contributed by atoms with Crippen LogP contribution in [0.15, 0.2) is 30.3 Å². The van der Waals surface area contributed by atoms with Crippen LogP contribution in [0.3, 0.4) is 0 Å². The molecule has 3 unspecified atom stereocenters. The normalized spacial score (nSPS) is 33.5. The maximum Gasteiger partial charge on any atom is 0.246 e. The zero-order valence-corrected chi connectivity index (χ0v) is 19.0. The number of hydrogen-bond acceptors (Lipinski definition) is 5. The minimum Gasteiger partial charge on any atom is -0.395 e. The summed E-state index contributed by atoms with van der Waals surface area (Å²) in [5, 5.41) is 15.4. The van der Waals surface area contributed by atoms with Crippen LogP contribution in [-0.4, -0.2) is 70.0 Å². The van der Waals surface area contributed by atoms with Crippen LogP contribution in [0, 0.1) is 11.8 Å². The predicted octanol–water partition coefficient (Wildman–Crippen LogP) is 0.569. The van der Waals surface area contributed by atoms with Gasteiger partial charge in [0.1, 0.15) is 11.6 Å². The highest BCUT2D eigenvalue weighted by molar-refractivity contribution is 9.09. The Hall–Kier alpha value is -1.97. The van der Waals surface area contributed by atoms with Crippen LogP contribution in [-0.2, 0) is 25.7 Å². The quantitative estimate of drug-likeness (QED) is 0.458. The second-order valence-electron chi connectivity index (χ2n) is 8.41. The Morgan fingerprint density at radius 3 is 2.68 bits per heavy atom. The maximum atomic E-state index is 13.4. The van der Waals surface area contributed by atoms with Crippen LogP contribution in [0.2, 0.25) is 0 Å². The molecule has 9 heteroatoms. The molecular weight excluding hydrogens is 466 g/mol. The summed E-state index contributed by atoms with van der Waals surface area (Å²) in [6.45, 7) is 2.54. The minimum absolute atomic E-state index is 0.0186. The summed E-state index contributed by atoms with van der Waals surface area (Å²) < 4.78 is 6.33. The zero-order chi connectivity index (χ0) is 22.2.